The molecule has 14 heavy (non-hydrogen) atoms. The van der Waals surface area contributed by atoms with Gasteiger partial charge in [-0.1, -0.05) is 12.1 Å². The third-order valence-electron chi connectivity index (χ3n) is 2.40. The van der Waals surface area contributed by atoms with E-state index in [9.17, 15) is 0 Å². The van der Waals surface area contributed by atoms with Crippen LogP contribution in [0.5, 0.6) is 5.75 Å². The second-order valence-electron chi connectivity index (χ2n) is 3.30. The molecule has 0 aromatic heterocycles. The van der Waals surface area contributed by atoms with Gasteiger partial charge in [-0.05, 0) is 37.6 Å². The van der Waals surface area contributed by atoms with Gasteiger partial charge in [0, 0.05) is 6.04 Å². The molecule has 1 N–H and O–H groups in total. The van der Waals surface area contributed by atoms with Crippen molar-refractivity contribution in [3.05, 3.63) is 29.8 Å². The summed E-state index contributed by atoms with van der Waals surface area (Å²) >= 11 is 0. The summed E-state index contributed by atoms with van der Waals surface area (Å²) in [5.74, 6) is 0.980. The first-order chi connectivity index (χ1) is 6.40. The van der Waals surface area contributed by atoms with Crippen LogP contribution in [0, 0.1) is 0 Å². The molecule has 0 spiro atoms. The maximum absolute atomic E-state index is 5.44. The fourth-order valence-electron chi connectivity index (χ4n) is 1.56. The van der Waals surface area contributed by atoms with E-state index in [0.29, 0.717) is 6.04 Å². The Morgan fingerprint density at radius 3 is 2.86 bits per heavy atom. The van der Waals surface area contributed by atoms with Crippen LogP contribution >= 0.6 is 12.4 Å². The molecule has 1 saturated heterocycles. The molecule has 1 aliphatic heterocycles. The molecular weight excluding hydrogens is 198 g/mol. The second kappa shape index (κ2) is 5.23. The summed E-state index contributed by atoms with van der Waals surface area (Å²) in [6.45, 7) is 3.89. The van der Waals surface area contributed by atoms with Crippen LogP contribution < -0.4 is 10.1 Å². The van der Waals surface area contributed by atoms with Crippen molar-refractivity contribution in [2.24, 2.45) is 0 Å². The van der Waals surface area contributed by atoms with E-state index in [-0.39, 0.29) is 12.4 Å². The van der Waals surface area contributed by atoms with Gasteiger partial charge in [0.1, 0.15) is 5.75 Å². The number of halogens is 1. The molecule has 0 amide bonds. The zero-order chi connectivity index (χ0) is 9.10. The summed E-state index contributed by atoms with van der Waals surface area (Å²) in [4.78, 5) is 0. The maximum atomic E-state index is 5.44. The average Bonchev–Trinajstić information content (AvgIpc) is 2.02. The van der Waals surface area contributed by atoms with Crippen LogP contribution in [-0.2, 0) is 0 Å². The van der Waals surface area contributed by atoms with Gasteiger partial charge in [-0.2, -0.15) is 0 Å². The highest BCUT2D eigenvalue weighted by molar-refractivity contribution is 5.85. The molecule has 0 aliphatic carbocycles. The molecule has 0 radical (unpaired) electrons. The lowest BCUT2D eigenvalue weighted by Gasteiger charge is -2.28. The van der Waals surface area contributed by atoms with Gasteiger partial charge < -0.3 is 10.1 Å². The predicted molar refractivity (Wildman–Crippen MR) is 60.2 cm³/mol. The Balaban J connectivity index is 0.000000980. The number of hydrogen-bond donors (Lipinski definition) is 1. The second-order valence-corrected chi connectivity index (χ2v) is 3.30. The maximum Gasteiger partial charge on any atom is 0.119 e. The molecule has 1 heterocycles. The summed E-state index contributed by atoms with van der Waals surface area (Å²) in [7, 11) is 0. The molecule has 0 bridgehead atoms. The molecule has 2 rings (SSSR count). The zero-order valence-corrected chi connectivity index (χ0v) is 9.14. The van der Waals surface area contributed by atoms with Crippen molar-refractivity contribution in [2.75, 3.05) is 13.2 Å². The van der Waals surface area contributed by atoms with Crippen molar-refractivity contribution in [1.82, 2.24) is 5.32 Å². The fraction of sp³-hybridized carbons (Fsp3) is 0.455. The van der Waals surface area contributed by atoms with E-state index in [0.717, 1.165) is 18.9 Å². The largest absolute Gasteiger partial charge is 0.494 e. The molecule has 1 fully saturated rings. The highest BCUT2D eigenvalue weighted by Crippen LogP contribution is 2.25. The lowest BCUT2D eigenvalue weighted by molar-refractivity contribution is 0.336. The summed E-state index contributed by atoms with van der Waals surface area (Å²) in [5, 5.41) is 3.38. The molecule has 1 aromatic carbocycles. The summed E-state index contributed by atoms with van der Waals surface area (Å²) in [6, 6.07) is 8.89. The average molecular weight is 214 g/mol. The summed E-state index contributed by atoms with van der Waals surface area (Å²) in [6.07, 6.45) is 1.25. The Morgan fingerprint density at radius 2 is 2.29 bits per heavy atom. The van der Waals surface area contributed by atoms with Crippen molar-refractivity contribution in [1.29, 1.82) is 0 Å². The molecule has 1 aliphatic rings. The van der Waals surface area contributed by atoms with Gasteiger partial charge in [0.2, 0.25) is 0 Å². The van der Waals surface area contributed by atoms with Crippen molar-refractivity contribution >= 4 is 12.4 Å². The van der Waals surface area contributed by atoms with E-state index in [2.05, 4.69) is 23.5 Å². The minimum Gasteiger partial charge on any atom is -0.494 e. The van der Waals surface area contributed by atoms with E-state index in [1.54, 1.807) is 0 Å². The van der Waals surface area contributed by atoms with Crippen molar-refractivity contribution in [2.45, 2.75) is 19.4 Å². The van der Waals surface area contributed by atoms with Gasteiger partial charge >= 0.3 is 0 Å². The quantitative estimate of drug-likeness (QED) is 0.834. The lowest BCUT2D eigenvalue weighted by Crippen LogP contribution is -2.34. The first-order valence-electron chi connectivity index (χ1n) is 4.86. The Hall–Kier alpha value is -0.730. The smallest absolute Gasteiger partial charge is 0.119 e. The zero-order valence-electron chi connectivity index (χ0n) is 8.32. The van der Waals surface area contributed by atoms with Gasteiger partial charge in [0.15, 0.2) is 0 Å². The number of nitrogens with one attached hydrogen (secondary N) is 1. The van der Waals surface area contributed by atoms with E-state index in [4.69, 9.17) is 4.74 Å². The summed E-state index contributed by atoms with van der Waals surface area (Å²) < 4.78 is 5.44. The van der Waals surface area contributed by atoms with Gasteiger partial charge in [-0.15, -0.1) is 12.4 Å². The third kappa shape index (κ3) is 2.40. The van der Waals surface area contributed by atoms with Crippen molar-refractivity contribution in [3.8, 4) is 5.75 Å². The van der Waals surface area contributed by atoms with Gasteiger partial charge in [0.25, 0.3) is 0 Å². The fourth-order valence-corrected chi connectivity index (χ4v) is 1.56. The van der Waals surface area contributed by atoms with Crippen LogP contribution in [0.2, 0.25) is 0 Å². The minimum atomic E-state index is 0. The molecule has 0 unspecified atom stereocenters. The van der Waals surface area contributed by atoms with Crippen molar-refractivity contribution in [3.63, 3.8) is 0 Å². The number of ether oxygens (including phenoxy) is 1. The first kappa shape index (κ1) is 11.3. The Bertz CT molecular complexity index is 286. The van der Waals surface area contributed by atoms with Crippen LogP contribution in [0.1, 0.15) is 24.9 Å². The van der Waals surface area contributed by atoms with Crippen LogP contribution in [-0.4, -0.2) is 13.2 Å². The summed E-state index contributed by atoms with van der Waals surface area (Å²) in [5.41, 5.74) is 1.34. The van der Waals surface area contributed by atoms with Crippen molar-refractivity contribution < 1.29 is 4.74 Å². The molecular formula is C11H16ClNO. The molecule has 2 nitrogen and oxygen atoms in total. The Morgan fingerprint density at radius 1 is 1.50 bits per heavy atom. The van der Waals surface area contributed by atoms with Crippen LogP contribution in [0.3, 0.4) is 0 Å². The Kier molecular flexibility index (Phi) is 4.23. The highest BCUT2D eigenvalue weighted by atomic mass is 35.5. The predicted octanol–water partition coefficient (Wildman–Crippen LogP) is 2.54. The number of benzene rings is 1. The topological polar surface area (TPSA) is 21.3 Å². The lowest BCUT2D eigenvalue weighted by atomic mass is 9.98. The Labute approximate surface area is 91.1 Å². The van der Waals surface area contributed by atoms with E-state index >= 15 is 0 Å². The molecule has 78 valence electrons. The van der Waals surface area contributed by atoms with E-state index < -0.39 is 0 Å². The standard InChI is InChI=1S/C11H15NO.ClH/c1-2-13-10-5-3-4-9(8-10)11-6-7-12-11;/h3-5,8,11-12H,2,6-7H2,1H3;1H/t11-;/m0./s1. The first-order valence-corrected chi connectivity index (χ1v) is 4.86. The minimum absolute atomic E-state index is 0. The van der Waals surface area contributed by atoms with Gasteiger partial charge in [0.05, 0.1) is 6.61 Å². The number of rotatable bonds is 3. The van der Waals surface area contributed by atoms with Gasteiger partial charge in [-0.25, -0.2) is 0 Å². The van der Waals surface area contributed by atoms with Crippen LogP contribution in [0.15, 0.2) is 24.3 Å². The van der Waals surface area contributed by atoms with Crippen LogP contribution in [0.4, 0.5) is 0 Å². The highest BCUT2D eigenvalue weighted by Gasteiger charge is 2.18. The van der Waals surface area contributed by atoms with Crippen LogP contribution in [0.25, 0.3) is 0 Å². The normalized spacial score (nSPS) is 19.4. The van der Waals surface area contributed by atoms with E-state index in [1.807, 2.05) is 13.0 Å². The van der Waals surface area contributed by atoms with Gasteiger partial charge in [-0.3, -0.25) is 0 Å². The molecule has 1 aromatic rings. The monoisotopic (exact) mass is 213 g/mol. The molecule has 3 heteroatoms. The molecule has 1 atom stereocenters. The third-order valence-corrected chi connectivity index (χ3v) is 2.40. The van der Waals surface area contributed by atoms with E-state index in [1.165, 1.54) is 12.0 Å². The number of hydrogen-bond acceptors (Lipinski definition) is 2. The molecule has 0 saturated carbocycles. The SMILES string of the molecule is CCOc1cccc([C@@H]2CCN2)c1.Cl.